The highest BCUT2D eigenvalue weighted by Crippen LogP contribution is 2.33. The molecule has 0 atom stereocenters. The van der Waals surface area contributed by atoms with Crippen LogP contribution < -0.4 is 10.6 Å². The van der Waals surface area contributed by atoms with Crippen LogP contribution in [0.4, 0.5) is 5.69 Å². The molecule has 0 amide bonds. The van der Waals surface area contributed by atoms with Gasteiger partial charge in [0.1, 0.15) is 5.84 Å². The molecular formula is C13H18BrN3O. The van der Waals surface area contributed by atoms with E-state index in [0.717, 1.165) is 28.9 Å². The highest BCUT2D eigenvalue weighted by molar-refractivity contribution is 9.10. The third-order valence-corrected chi connectivity index (χ3v) is 3.75. The number of nitrogens with two attached hydrogens (primary N) is 1. The quantitative estimate of drug-likeness (QED) is 0.626. The van der Waals surface area contributed by atoms with E-state index in [-0.39, 0.29) is 5.84 Å². The summed E-state index contributed by atoms with van der Waals surface area (Å²) in [6.07, 6.45) is 2.49. The number of nitrogen functional groups attached to an aromatic ring is 1. The zero-order valence-electron chi connectivity index (χ0n) is 10.4. The number of amidine groups is 1. The van der Waals surface area contributed by atoms with Gasteiger partial charge in [-0.1, -0.05) is 0 Å². The van der Waals surface area contributed by atoms with E-state index in [4.69, 9.17) is 15.9 Å². The number of nitrogens with zero attached hydrogens (tertiary/aromatic N) is 1. The Hall–Kier alpha value is -1.07. The molecule has 98 valence electrons. The summed E-state index contributed by atoms with van der Waals surface area (Å²) in [6, 6.07) is 6.58. The molecule has 0 aliphatic heterocycles. The van der Waals surface area contributed by atoms with Crippen LogP contribution in [0.5, 0.6) is 0 Å². The van der Waals surface area contributed by atoms with Gasteiger partial charge < -0.3 is 15.4 Å². The van der Waals surface area contributed by atoms with Crippen molar-refractivity contribution in [2.45, 2.75) is 18.9 Å². The monoisotopic (exact) mass is 311 g/mol. The zero-order valence-corrected chi connectivity index (χ0v) is 12.0. The molecule has 0 bridgehead atoms. The van der Waals surface area contributed by atoms with E-state index in [1.165, 1.54) is 12.8 Å². The molecule has 0 saturated heterocycles. The fraction of sp³-hybridized carbons (Fsp3) is 0.462. The van der Waals surface area contributed by atoms with Gasteiger partial charge in [-0.25, -0.2) is 0 Å². The zero-order chi connectivity index (χ0) is 13.1. The minimum Gasteiger partial charge on any atom is -0.384 e. The maximum Gasteiger partial charge on any atom is 0.123 e. The Balaban J connectivity index is 2.19. The van der Waals surface area contributed by atoms with Gasteiger partial charge in [0.15, 0.2) is 0 Å². The van der Waals surface area contributed by atoms with E-state index >= 15 is 0 Å². The Bertz CT molecular complexity index is 446. The lowest BCUT2D eigenvalue weighted by Gasteiger charge is -2.25. The summed E-state index contributed by atoms with van der Waals surface area (Å²) in [4.78, 5) is 2.36. The van der Waals surface area contributed by atoms with Crippen LogP contribution in [0.3, 0.4) is 0 Å². The van der Waals surface area contributed by atoms with E-state index in [1.807, 2.05) is 18.2 Å². The second-order valence-corrected chi connectivity index (χ2v) is 5.35. The Labute approximate surface area is 116 Å². The van der Waals surface area contributed by atoms with Crippen molar-refractivity contribution in [1.29, 1.82) is 5.41 Å². The van der Waals surface area contributed by atoms with E-state index in [0.29, 0.717) is 6.04 Å². The number of anilines is 1. The molecule has 0 radical (unpaired) electrons. The standard InChI is InChI=1S/C13H18BrN3O/c1-18-7-6-17(9-2-3-9)10-4-5-11(13(15)16)12(14)8-10/h4-5,8-9H,2-3,6-7H2,1H3,(H3,15,16). The van der Waals surface area contributed by atoms with Crippen LogP contribution in [0.1, 0.15) is 18.4 Å². The Morgan fingerprint density at radius 3 is 2.78 bits per heavy atom. The second-order valence-electron chi connectivity index (χ2n) is 4.50. The fourth-order valence-electron chi connectivity index (χ4n) is 2.00. The fourth-order valence-corrected chi connectivity index (χ4v) is 2.58. The van der Waals surface area contributed by atoms with Crippen LogP contribution in [0.2, 0.25) is 0 Å². The van der Waals surface area contributed by atoms with Crippen molar-refractivity contribution < 1.29 is 4.74 Å². The van der Waals surface area contributed by atoms with Crippen molar-refractivity contribution in [3.63, 3.8) is 0 Å². The van der Waals surface area contributed by atoms with Crippen molar-refractivity contribution in [2.75, 3.05) is 25.2 Å². The van der Waals surface area contributed by atoms with Crippen molar-refractivity contribution in [3.8, 4) is 0 Å². The van der Waals surface area contributed by atoms with Crippen LogP contribution in [0.25, 0.3) is 0 Å². The molecular weight excluding hydrogens is 294 g/mol. The lowest BCUT2D eigenvalue weighted by Crippen LogP contribution is -2.29. The largest absolute Gasteiger partial charge is 0.384 e. The lowest BCUT2D eigenvalue weighted by molar-refractivity contribution is 0.205. The number of benzene rings is 1. The summed E-state index contributed by atoms with van der Waals surface area (Å²) in [5.41, 5.74) is 7.41. The van der Waals surface area contributed by atoms with E-state index in [9.17, 15) is 0 Å². The van der Waals surface area contributed by atoms with E-state index in [1.54, 1.807) is 7.11 Å². The summed E-state index contributed by atoms with van der Waals surface area (Å²) in [5.74, 6) is 0.0864. The van der Waals surface area contributed by atoms with Gasteiger partial charge in [-0.05, 0) is 47.0 Å². The molecule has 1 fully saturated rings. The molecule has 5 heteroatoms. The number of halogens is 1. The molecule has 1 aliphatic rings. The Kier molecular flexibility index (Phi) is 4.24. The third-order valence-electron chi connectivity index (χ3n) is 3.10. The van der Waals surface area contributed by atoms with Gasteiger partial charge in [0.05, 0.1) is 6.61 Å². The lowest BCUT2D eigenvalue weighted by atomic mass is 10.2. The number of nitrogens with one attached hydrogen (secondary N) is 1. The molecule has 1 aliphatic carbocycles. The maximum absolute atomic E-state index is 7.48. The van der Waals surface area contributed by atoms with Gasteiger partial charge in [-0.2, -0.15) is 0 Å². The Morgan fingerprint density at radius 1 is 1.56 bits per heavy atom. The molecule has 1 aromatic carbocycles. The average molecular weight is 312 g/mol. The molecule has 18 heavy (non-hydrogen) atoms. The van der Waals surface area contributed by atoms with Crippen LogP contribution in [-0.2, 0) is 4.74 Å². The number of hydrogen-bond donors (Lipinski definition) is 2. The van der Waals surface area contributed by atoms with Crippen molar-refractivity contribution in [2.24, 2.45) is 5.73 Å². The number of hydrogen-bond acceptors (Lipinski definition) is 3. The first kappa shape index (κ1) is 13.4. The molecule has 4 nitrogen and oxygen atoms in total. The van der Waals surface area contributed by atoms with Crippen LogP contribution in [0.15, 0.2) is 22.7 Å². The van der Waals surface area contributed by atoms with Crippen LogP contribution >= 0.6 is 15.9 Å². The van der Waals surface area contributed by atoms with Gasteiger partial charge in [0.2, 0.25) is 0 Å². The van der Waals surface area contributed by atoms with Crippen LogP contribution in [0, 0.1) is 5.41 Å². The summed E-state index contributed by atoms with van der Waals surface area (Å²) in [6.45, 7) is 1.62. The van der Waals surface area contributed by atoms with Gasteiger partial charge in [-0.15, -0.1) is 0 Å². The molecule has 3 N–H and O–H groups in total. The molecule has 1 aromatic rings. The molecule has 1 saturated carbocycles. The first-order valence-electron chi connectivity index (χ1n) is 6.03. The SMILES string of the molecule is COCCN(c1ccc(C(=N)N)c(Br)c1)C1CC1. The van der Waals surface area contributed by atoms with Crippen LogP contribution in [-0.4, -0.2) is 32.1 Å². The predicted molar refractivity (Wildman–Crippen MR) is 77.4 cm³/mol. The van der Waals surface area contributed by atoms with Gasteiger partial charge >= 0.3 is 0 Å². The number of methoxy groups -OCH3 is 1. The molecule has 0 unspecified atom stereocenters. The number of ether oxygens (including phenoxy) is 1. The van der Waals surface area contributed by atoms with Crippen molar-refractivity contribution >= 4 is 27.5 Å². The highest BCUT2D eigenvalue weighted by Gasteiger charge is 2.29. The summed E-state index contributed by atoms with van der Waals surface area (Å²) >= 11 is 3.47. The number of rotatable bonds is 6. The maximum atomic E-state index is 7.48. The highest BCUT2D eigenvalue weighted by atomic mass is 79.9. The average Bonchev–Trinajstić information content (AvgIpc) is 3.13. The smallest absolute Gasteiger partial charge is 0.123 e. The topological polar surface area (TPSA) is 62.3 Å². The molecule has 0 spiro atoms. The second kappa shape index (κ2) is 5.71. The third kappa shape index (κ3) is 3.03. The molecule has 0 aromatic heterocycles. The minimum absolute atomic E-state index is 0.0864. The molecule has 0 heterocycles. The predicted octanol–water partition coefficient (Wildman–Crippen LogP) is 2.35. The van der Waals surface area contributed by atoms with E-state index in [2.05, 4.69) is 20.8 Å². The van der Waals surface area contributed by atoms with Crippen molar-refractivity contribution in [1.82, 2.24) is 0 Å². The normalized spacial score (nSPS) is 14.6. The molecule has 2 rings (SSSR count). The van der Waals surface area contributed by atoms with Crippen molar-refractivity contribution in [3.05, 3.63) is 28.2 Å². The van der Waals surface area contributed by atoms with E-state index < -0.39 is 0 Å². The summed E-state index contributed by atoms with van der Waals surface area (Å²) in [7, 11) is 1.72. The van der Waals surface area contributed by atoms with Gasteiger partial charge in [0, 0.05) is 35.4 Å². The summed E-state index contributed by atoms with van der Waals surface area (Å²) in [5, 5.41) is 7.48. The minimum atomic E-state index is 0.0864. The van der Waals surface area contributed by atoms with Gasteiger partial charge in [-0.3, -0.25) is 5.41 Å². The summed E-state index contributed by atoms with van der Waals surface area (Å²) < 4.78 is 6.03. The first-order valence-corrected chi connectivity index (χ1v) is 6.82. The first-order chi connectivity index (χ1) is 8.63. The Morgan fingerprint density at radius 2 is 2.28 bits per heavy atom. The van der Waals surface area contributed by atoms with Gasteiger partial charge in [0.25, 0.3) is 0 Å².